The Bertz CT molecular complexity index is 554. The number of hydrogen-bond donors (Lipinski definition) is 2. The molecule has 0 radical (unpaired) electrons. The highest BCUT2D eigenvalue weighted by Crippen LogP contribution is 2.27. The van der Waals surface area contributed by atoms with E-state index in [1.165, 1.54) is 43.9 Å². The summed E-state index contributed by atoms with van der Waals surface area (Å²) >= 11 is 5.86. The monoisotopic (exact) mass is 317 g/mol. The molecule has 4 nitrogen and oxygen atoms in total. The number of benzene rings is 1. The molecule has 20 heavy (non-hydrogen) atoms. The quantitative estimate of drug-likeness (QED) is 0.847. The van der Waals surface area contributed by atoms with Gasteiger partial charge in [0.05, 0.1) is 11.5 Å². The summed E-state index contributed by atoms with van der Waals surface area (Å²) in [5.41, 5.74) is 0.422. The third kappa shape index (κ3) is 3.95. The molecule has 1 saturated carbocycles. The summed E-state index contributed by atoms with van der Waals surface area (Å²) in [5, 5.41) is 9.50. The second-order valence-corrected chi connectivity index (χ2v) is 7.42. The third-order valence-corrected chi connectivity index (χ3v) is 5.64. The van der Waals surface area contributed by atoms with E-state index < -0.39 is 10.0 Å². The van der Waals surface area contributed by atoms with Crippen molar-refractivity contribution in [1.82, 2.24) is 4.72 Å². The summed E-state index contributed by atoms with van der Waals surface area (Å²) in [6.45, 7) is 0.189. The minimum atomic E-state index is -3.52. The molecule has 0 heterocycles. The Morgan fingerprint density at radius 3 is 2.65 bits per heavy atom. The molecule has 0 saturated heterocycles. The Hall–Kier alpha value is -0.620. The van der Waals surface area contributed by atoms with Crippen LogP contribution in [0.15, 0.2) is 23.1 Å². The summed E-state index contributed by atoms with van der Waals surface area (Å²) in [7, 11) is -3.52. The number of nitrogens with one attached hydrogen (secondary N) is 1. The lowest BCUT2D eigenvalue weighted by Crippen LogP contribution is -2.26. The zero-order valence-corrected chi connectivity index (χ0v) is 12.9. The highest BCUT2D eigenvalue weighted by atomic mass is 35.5. The van der Waals surface area contributed by atoms with Gasteiger partial charge in [0.25, 0.3) is 0 Å². The number of aliphatic hydroxyl groups is 1. The summed E-state index contributed by atoms with van der Waals surface area (Å²) in [6, 6.07) is 4.37. The lowest BCUT2D eigenvalue weighted by atomic mass is 10.1. The summed E-state index contributed by atoms with van der Waals surface area (Å²) in [6.07, 6.45) is 5.82. The Balaban J connectivity index is 1.98. The smallest absolute Gasteiger partial charge is 0.240 e. The summed E-state index contributed by atoms with van der Waals surface area (Å²) in [4.78, 5) is 0.150. The zero-order valence-electron chi connectivity index (χ0n) is 11.3. The van der Waals surface area contributed by atoms with Crippen LogP contribution in [-0.4, -0.2) is 20.1 Å². The average molecular weight is 318 g/mol. The Morgan fingerprint density at radius 2 is 2.00 bits per heavy atom. The van der Waals surface area contributed by atoms with Crippen LogP contribution in [0.2, 0.25) is 5.02 Å². The minimum Gasteiger partial charge on any atom is -0.392 e. The normalized spacial score (nSPS) is 16.7. The van der Waals surface area contributed by atoms with Crippen molar-refractivity contribution in [3.05, 3.63) is 28.8 Å². The highest BCUT2D eigenvalue weighted by molar-refractivity contribution is 7.89. The fourth-order valence-electron chi connectivity index (χ4n) is 2.62. The molecule has 0 bridgehead atoms. The Morgan fingerprint density at radius 1 is 1.30 bits per heavy atom. The zero-order chi connectivity index (χ0) is 14.6. The van der Waals surface area contributed by atoms with Gasteiger partial charge in [-0.15, -0.1) is 0 Å². The lowest BCUT2D eigenvalue weighted by molar-refractivity contribution is 0.281. The maximum absolute atomic E-state index is 12.1. The molecule has 0 unspecified atom stereocenters. The predicted molar refractivity (Wildman–Crippen MR) is 79.1 cm³/mol. The van der Waals surface area contributed by atoms with Crippen LogP contribution >= 0.6 is 11.6 Å². The van der Waals surface area contributed by atoms with Crippen LogP contribution in [0.4, 0.5) is 0 Å². The van der Waals surface area contributed by atoms with Crippen LogP contribution in [0.3, 0.4) is 0 Å². The van der Waals surface area contributed by atoms with E-state index in [1.807, 2.05) is 0 Å². The van der Waals surface area contributed by atoms with Gasteiger partial charge in [-0.05, 0) is 36.1 Å². The van der Waals surface area contributed by atoms with Gasteiger partial charge in [0, 0.05) is 11.6 Å². The van der Waals surface area contributed by atoms with Crippen molar-refractivity contribution >= 4 is 21.6 Å². The Labute approximate surface area is 125 Å². The minimum absolute atomic E-state index is 0.150. The van der Waals surface area contributed by atoms with Crippen molar-refractivity contribution in [2.75, 3.05) is 6.54 Å². The fraction of sp³-hybridized carbons (Fsp3) is 0.571. The predicted octanol–water partition coefficient (Wildman–Crippen LogP) is 2.69. The van der Waals surface area contributed by atoms with Gasteiger partial charge < -0.3 is 5.11 Å². The van der Waals surface area contributed by atoms with Crippen molar-refractivity contribution in [2.45, 2.75) is 43.6 Å². The molecule has 0 spiro atoms. The largest absolute Gasteiger partial charge is 0.392 e. The standard InChI is InChI=1S/C14H20ClNO3S/c15-14-6-5-13(9-12(14)10-17)20(18,19)16-8-7-11-3-1-2-4-11/h5-6,9,11,16-17H,1-4,7-8,10H2. The van der Waals surface area contributed by atoms with Crippen LogP contribution in [0.25, 0.3) is 0 Å². The average Bonchev–Trinajstić information content (AvgIpc) is 2.92. The molecular formula is C14H20ClNO3S. The van der Waals surface area contributed by atoms with Gasteiger partial charge in [-0.3, -0.25) is 0 Å². The number of sulfonamides is 1. The first-order valence-corrected chi connectivity index (χ1v) is 8.78. The van der Waals surface area contributed by atoms with Crippen LogP contribution in [0.5, 0.6) is 0 Å². The molecular weight excluding hydrogens is 298 g/mol. The number of aliphatic hydroxyl groups excluding tert-OH is 1. The molecule has 0 aliphatic heterocycles. The van der Waals surface area contributed by atoms with Crippen LogP contribution in [0.1, 0.15) is 37.7 Å². The first-order chi connectivity index (χ1) is 9.53. The molecule has 0 aromatic heterocycles. The SMILES string of the molecule is O=S(=O)(NCCC1CCCC1)c1ccc(Cl)c(CO)c1. The van der Waals surface area contributed by atoms with Gasteiger partial charge in [-0.1, -0.05) is 37.3 Å². The molecule has 1 aliphatic rings. The van der Waals surface area contributed by atoms with Gasteiger partial charge in [0.15, 0.2) is 0 Å². The Kier molecular flexibility index (Phi) is 5.43. The van der Waals surface area contributed by atoms with E-state index in [0.29, 0.717) is 23.0 Å². The molecule has 2 N–H and O–H groups in total. The number of halogens is 1. The molecule has 1 aromatic rings. The van der Waals surface area contributed by atoms with Gasteiger partial charge in [-0.2, -0.15) is 0 Å². The van der Waals surface area contributed by atoms with E-state index in [0.717, 1.165) is 6.42 Å². The van der Waals surface area contributed by atoms with Gasteiger partial charge in [0.1, 0.15) is 0 Å². The summed E-state index contributed by atoms with van der Waals surface area (Å²) < 4.78 is 26.9. The van der Waals surface area contributed by atoms with E-state index >= 15 is 0 Å². The van der Waals surface area contributed by atoms with E-state index in [4.69, 9.17) is 16.7 Å². The maximum Gasteiger partial charge on any atom is 0.240 e. The molecule has 1 aliphatic carbocycles. The van der Waals surface area contributed by atoms with Crippen molar-refractivity contribution in [2.24, 2.45) is 5.92 Å². The van der Waals surface area contributed by atoms with E-state index in [9.17, 15) is 8.42 Å². The topological polar surface area (TPSA) is 66.4 Å². The second-order valence-electron chi connectivity index (χ2n) is 5.25. The lowest BCUT2D eigenvalue weighted by Gasteiger charge is -2.11. The van der Waals surface area contributed by atoms with Crippen LogP contribution in [-0.2, 0) is 16.6 Å². The van der Waals surface area contributed by atoms with Crippen molar-refractivity contribution in [3.8, 4) is 0 Å². The number of hydrogen-bond acceptors (Lipinski definition) is 3. The van der Waals surface area contributed by atoms with Crippen molar-refractivity contribution in [1.29, 1.82) is 0 Å². The van der Waals surface area contributed by atoms with E-state index in [2.05, 4.69) is 4.72 Å². The van der Waals surface area contributed by atoms with Gasteiger partial charge in [-0.25, -0.2) is 13.1 Å². The molecule has 0 atom stereocenters. The van der Waals surface area contributed by atoms with Gasteiger partial charge >= 0.3 is 0 Å². The van der Waals surface area contributed by atoms with Crippen molar-refractivity contribution < 1.29 is 13.5 Å². The van der Waals surface area contributed by atoms with Gasteiger partial charge in [0.2, 0.25) is 10.0 Å². The highest BCUT2D eigenvalue weighted by Gasteiger charge is 2.18. The molecule has 1 aromatic carbocycles. The van der Waals surface area contributed by atoms with Crippen LogP contribution in [0, 0.1) is 5.92 Å². The molecule has 0 amide bonds. The van der Waals surface area contributed by atoms with Crippen LogP contribution < -0.4 is 4.72 Å². The first-order valence-electron chi connectivity index (χ1n) is 6.92. The van der Waals surface area contributed by atoms with E-state index in [1.54, 1.807) is 0 Å². The molecule has 6 heteroatoms. The number of rotatable bonds is 6. The summed E-state index contributed by atoms with van der Waals surface area (Å²) in [5.74, 6) is 0.649. The molecule has 1 fully saturated rings. The maximum atomic E-state index is 12.1. The molecule has 2 rings (SSSR count). The van der Waals surface area contributed by atoms with E-state index in [-0.39, 0.29) is 11.5 Å². The molecule has 112 valence electrons. The first kappa shape index (κ1) is 15.8. The van der Waals surface area contributed by atoms with Crippen molar-refractivity contribution in [3.63, 3.8) is 0 Å². The fourth-order valence-corrected chi connectivity index (χ4v) is 3.89. The second kappa shape index (κ2) is 6.89. The third-order valence-electron chi connectivity index (χ3n) is 3.82.